The molecule has 0 saturated carbocycles. The molecule has 0 aromatic carbocycles. The minimum absolute atomic E-state index is 0.792. The summed E-state index contributed by atoms with van der Waals surface area (Å²) in [6.07, 6.45) is 5.10. The molecule has 108 valence electrons. The van der Waals surface area contributed by atoms with Crippen LogP contribution in [0.25, 0.3) is 10.7 Å². The van der Waals surface area contributed by atoms with Gasteiger partial charge in [0.15, 0.2) is 0 Å². The van der Waals surface area contributed by atoms with Crippen LogP contribution >= 0.6 is 11.3 Å². The molecule has 0 atom stereocenters. The van der Waals surface area contributed by atoms with Gasteiger partial charge in [-0.05, 0) is 32.4 Å². The van der Waals surface area contributed by atoms with Crippen molar-refractivity contribution >= 4 is 11.3 Å². The molecule has 0 aliphatic carbocycles. The molecule has 0 saturated heterocycles. The molecule has 0 aliphatic rings. The van der Waals surface area contributed by atoms with Crippen molar-refractivity contribution in [1.29, 1.82) is 0 Å². The molecule has 1 N–H and O–H groups in total. The van der Waals surface area contributed by atoms with Crippen molar-refractivity contribution < 1.29 is 0 Å². The largest absolute Gasteiger partial charge is 0.312 e. The third-order valence-electron chi connectivity index (χ3n) is 2.97. The topological polar surface area (TPSA) is 50.7 Å². The van der Waals surface area contributed by atoms with Crippen molar-refractivity contribution in [3.05, 3.63) is 28.7 Å². The van der Waals surface area contributed by atoms with E-state index in [2.05, 4.69) is 29.1 Å². The Morgan fingerprint density at radius 2 is 2.05 bits per heavy atom. The molecule has 4 nitrogen and oxygen atoms in total. The molecule has 0 aliphatic heterocycles. The van der Waals surface area contributed by atoms with Gasteiger partial charge in [0.25, 0.3) is 0 Å². The van der Waals surface area contributed by atoms with Crippen LogP contribution in [-0.2, 0) is 13.0 Å². The van der Waals surface area contributed by atoms with Crippen LogP contribution < -0.4 is 5.32 Å². The van der Waals surface area contributed by atoms with Crippen LogP contribution in [-0.4, -0.2) is 21.5 Å². The average molecular weight is 290 g/mol. The van der Waals surface area contributed by atoms with Gasteiger partial charge in [-0.1, -0.05) is 20.3 Å². The summed E-state index contributed by atoms with van der Waals surface area (Å²) in [5.41, 5.74) is 2.15. The summed E-state index contributed by atoms with van der Waals surface area (Å²) in [5, 5.41) is 4.47. The van der Waals surface area contributed by atoms with Gasteiger partial charge in [-0.15, -0.1) is 11.3 Å². The second-order valence-electron chi connectivity index (χ2n) is 4.80. The van der Waals surface area contributed by atoms with E-state index in [1.165, 1.54) is 10.6 Å². The summed E-state index contributed by atoms with van der Waals surface area (Å²) in [6, 6.07) is 1.94. The lowest BCUT2D eigenvalue weighted by molar-refractivity contribution is 0.674. The maximum absolute atomic E-state index is 4.78. The fourth-order valence-electron chi connectivity index (χ4n) is 2.02. The smallest absolute Gasteiger partial charge is 0.142 e. The summed E-state index contributed by atoms with van der Waals surface area (Å²) < 4.78 is 0. The molecule has 0 fully saturated rings. The SMILES string of the molecule is CCCNCc1sc(-c2ccnc(C)n2)nc1CCC. The second-order valence-corrected chi connectivity index (χ2v) is 5.89. The van der Waals surface area contributed by atoms with Crippen LogP contribution in [0.4, 0.5) is 0 Å². The Balaban J connectivity index is 2.23. The second kappa shape index (κ2) is 7.45. The quantitative estimate of drug-likeness (QED) is 0.794. The van der Waals surface area contributed by atoms with Gasteiger partial charge in [-0.3, -0.25) is 0 Å². The number of thiazole rings is 1. The number of nitrogens with one attached hydrogen (secondary N) is 1. The van der Waals surface area contributed by atoms with Crippen molar-refractivity contribution in [2.45, 2.75) is 46.6 Å². The Kier molecular flexibility index (Phi) is 5.61. The van der Waals surface area contributed by atoms with Gasteiger partial charge in [-0.2, -0.15) is 0 Å². The molecule has 0 radical (unpaired) electrons. The van der Waals surface area contributed by atoms with Gasteiger partial charge in [0, 0.05) is 17.6 Å². The van der Waals surface area contributed by atoms with E-state index >= 15 is 0 Å². The summed E-state index contributed by atoms with van der Waals surface area (Å²) >= 11 is 1.75. The molecule has 0 spiro atoms. The third kappa shape index (κ3) is 3.84. The normalized spacial score (nSPS) is 10.9. The number of hydrogen-bond donors (Lipinski definition) is 1. The lowest BCUT2D eigenvalue weighted by atomic mass is 10.2. The highest BCUT2D eigenvalue weighted by atomic mass is 32.1. The van der Waals surface area contributed by atoms with E-state index in [0.717, 1.165) is 48.9 Å². The molecule has 0 bridgehead atoms. The molecule has 5 heteroatoms. The van der Waals surface area contributed by atoms with Crippen molar-refractivity contribution in [2.75, 3.05) is 6.54 Å². The highest BCUT2D eigenvalue weighted by Crippen LogP contribution is 2.27. The fraction of sp³-hybridized carbons (Fsp3) is 0.533. The number of hydrogen-bond acceptors (Lipinski definition) is 5. The van der Waals surface area contributed by atoms with Crippen LogP contribution in [0.5, 0.6) is 0 Å². The van der Waals surface area contributed by atoms with E-state index < -0.39 is 0 Å². The predicted octanol–water partition coefficient (Wildman–Crippen LogP) is 3.36. The number of aryl methyl sites for hydroxylation is 2. The van der Waals surface area contributed by atoms with Crippen LogP contribution in [0.1, 0.15) is 43.1 Å². The van der Waals surface area contributed by atoms with Gasteiger partial charge in [0.1, 0.15) is 16.5 Å². The highest BCUT2D eigenvalue weighted by molar-refractivity contribution is 7.15. The molecule has 0 unspecified atom stereocenters. The molecular weight excluding hydrogens is 268 g/mol. The first-order valence-corrected chi connectivity index (χ1v) is 8.05. The molecule has 20 heavy (non-hydrogen) atoms. The van der Waals surface area contributed by atoms with Gasteiger partial charge in [0.05, 0.1) is 5.69 Å². The Labute approximate surface area is 124 Å². The van der Waals surface area contributed by atoms with E-state index in [1.807, 2.05) is 13.0 Å². The van der Waals surface area contributed by atoms with Crippen molar-refractivity contribution in [3.63, 3.8) is 0 Å². The first-order chi connectivity index (χ1) is 9.74. The zero-order chi connectivity index (χ0) is 14.4. The van der Waals surface area contributed by atoms with E-state index in [4.69, 9.17) is 4.98 Å². The van der Waals surface area contributed by atoms with Crippen LogP contribution in [0.15, 0.2) is 12.3 Å². The first kappa shape index (κ1) is 15.1. The molecule has 0 amide bonds. The van der Waals surface area contributed by atoms with E-state index in [1.54, 1.807) is 17.5 Å². The molecular formula is C15H22N4S. The average Bonchev–Trinajstić information content (AvgIpc) is 2.83. The molecule has 2 heterocycles. The van der Waals surface area contributed by atoms with Crippen LogP contribution in [0, 0.1) is 6.92 Å². The summed E-state index contributed by atoms with van der Waals surface area (Å²) in [4.78, 5) is 14.7. The van der Waals surface area contributed by atoms with Crippen molar-refractivity contribution in [2.24, 2.45) is 0 Å². The number of aromatic nitrogens is 3. The van der Waals surface area contributed by atoms with E-state index in [-0.39, 0.29) is 0 Å². The zero-order valence-corrected chi connectivity index (χ0v) is 13.3. The van der Waals surface area contributed by atoms with Crippen LogP contribution in [0.2, 0.25) is 0 Å². The van der Waals surface area contributed by atoms with E-state index in [9.17, 15) is 0 Å². The van der Waals surface area contributed by atoms with Gasteiger partial charge in [-0.25, -0.2) is 15.0 Å². The maximum atomic E-state index is 4.78. The third-order valence-corrected chi connectivity index (χ3v) is 4.09. The Morgan fingerprint density at radius 1 is 1.20 bits per heavy atom. The van der Waals surface area contributed by atoms with Crippen LogP contribution in [0.3, 0.4) is 0 Å². The van der Waals surface area contributed by atoms with Gasteiger partial charge >= 0.3 is 0 Å². The standard InChI is InChI=1S/C15H22N4S/c1-4-6-12-14(10-16-8-5-2)20-15(19-12)13-7-9-17-11(3)18-13/h7,9,16H,4-6,8,10H2,1-3H3. The lowest BCUT2D eigenvalue weighted by Crippen LogP contribution is -2.13. The molecule has 2 aromatic heterocycles. The van der Waals surface area contributed by atoms with Gasteiger partial charge < -0.3 is 5.32 Å². The minimum atomic E-state index is 0.792. The Bertz CT molecular complexity index is 551. The Hall–Kier alpha value is -1.33. The number of nitrogens with zero attached hydrogens (tertiary/aromatic N) is 3. The monoisotopic (exact) mass is 290 g/mol. The Morgan fingerprint density at radius 3 is 2.75 bits per heavy atom. The summed E-state index contributed by atoms with van der Waals surface area (Å²) in [5.74, 6) is 0.792. The number of rotatable bonds is 7. The highest BCUT2D eigenvalue weighted by Gasteiger charge is 2.12. The minimum Gasteiger partial charge on any atom is -0.312 e. The summed E-state index contributed by atoms with van der Waals surface area (Å²) in [7, 11) is 0. The lowest BCUT2D eigenvalue weighted by Gasteiger charge is -2.02. The first-order valence-electron chi connectivity index (χ1n) is 7.23. The van der Waals surface area contributed by atoms with Crippen molar-refractivity contribution in [1.82, 2.24) is 20.3 Å². The zero-order valence-electron chi connectivity index (χ0n) is 12.4. The molecule has 2 rings (SSSR count). The summed E-state index contributed by atoms with van der Waals surface area (Å²) in [6.45, 7) is 8.24. The maximum Gasteiger partial charge on any atom is 0.142 e. The van der Waals surface area contributed by atoms with Gasteiger partial charge in [0.2, 0.25) is 0 Å². The van der Waals surface area contributed by atoms with E-state index in [0.29, 0.717) is 0 Å². The fourth-order valence-corrected chi connectivity index (χ4v) is 3.06. The molecule has 2 aromatic rings. The predicted molar refractivity (Wildman–Crippen MR) is 83.9 cm³/mol. The van der Waals surface area contributed by atoms with Crippen molar-refractivity contribution in [3.8, 4) is 10.7 Å².